The maximum absolute atomic E-state index is 12.6. The SMILES string of the molecule is COc1ccc(S(=O)(=O)N2C[C@@H](C)O[C@@H](C)C2)cc1Br. The largest absolute Gasteiger partial charge is 0.496 e. The van der Waals surface area contributed by atoms with E-state index in [2.05, 4.69) is 15.9 Å². The van der Waals surface area contributed by atoms with Crippen LogP contribution in [0.15, 0.2) is 27.6 Å². The minimum atomic E-state index is -3.51. The van der Waals surface area contributed by atoms with Crippen LogP contribution in [0.5, 0.6) is 5.75 Å². The average molecular weight is 364 g/mol. The van der Waals surface area contributed by atoms with Crippen molar-refractivity contribution in [1.29, 1.82) is 0 Å². The lowest BCUT2D eigenvalue weighted by molar-refractivity contribution is -0.0440. The van der Waals surface area contributed by atoms with Crippen LogP contribution in [-0.2, 0) is 14.8 Å². The highest BCUT2D eigenvalue weighted by Crippen LogP contribution is 2.29. The molecule has 1 aliphatic heterocycles. The summed E-state index contributed by atoms with van der Waals surface area (Å²) in [5.41, 5.74) is 0. The summed E-state index contributed by atoms with van der Waals surface area (Å²) in [7, 11) is -1.97. The molecular weight excluding hydrogens is 346 g/mol. The van der Waals surface area contributed by atoms with E-state index < -0.39 is 10.0 Å². The minimum absolute atomic E-state index is 0.102. The van der Waals surface area contributed by atoms with Gasteiger partial charge in [0.25, 0.3) is 0 Å². The van der Waals surface area contributed by atoms with E-state index in [1.807, 2.05) is 13.8 Å². The van der Waals surface area contributed by atoms with Crippen molar-refractivity contribution in [2.24, 2.45) is 0 Å². The summed E-state index contributed by atoms with van der Waals surface area (Å²) in [4.78, 5) is 0.256. The van der Waals surface area contributed by atoms with Gasteiger partial charge in [0.2, 0.25) is 10.0 Å². The van der Waals surface area contributed by atoms with Gasteiger partial charge in [-0.25, -0.2) is 8.42 Å². The van der Waals surface area contributed by atoms with Crippen LogP contribution in [0, 0.1) is 0 Å². The average Bonchev–Trinajstić information content (AvgIpc) is 2.37. The van der Waals surface area contributed by atoms with Crippen LogP contribution in [-0.4, -0.2) is 45.1 Å². The maximum atomic E-state index is 12.6. The quantitative estimate of drug-likeness (QED) is 0.826. The first kappa shape index (κ1) is 15.8. The number of nitrogens with zero attached hydrogens (tertiary/aromatic N) is 1. The van der Waals surface area contributed by atoms with E-state index in [0.29, 0.717) is 23.3 Å². The number of rotatable bonds is 3. The summed E-state index contributed by atoms with van der Waals surface area (Å²) >= 11 is 3.31. The predicted molar refractivity (Wildman–Crippen MR) is 79.5 cm³/mol. The van der Waals surface area contributed by atoms with Crippen molar-refractivity contribution in [3.05, 3.63) is 22.7 Å². The molecule has 1 aromatic rings. The van der Waals surface area contributed by atoms with Gasteiger partial charge in [-0.3, -0.25) is 0 Å². The Hall–Kier alpha value is -0.630. The van der Waals surface area contributed by atoms with E-state index >= 15 is 0 Å². The fraction of sp³-hybridized carbons (Fsp3) is 0.538. The van der Waals surface area contributed by atoms with Crippen molar-refractivity contribution >= 4 is 26.0 Å². The Morgan fingerprint density at radius 1 is 1.30 bits per heavy atom. The van der Waals surface area contributed by atoms with Crippen LogP contribution in [0.4, 0.5) is 0 Å². The topological polar surface area (TPSA) is 55.8 Å². The molecule has 0 radical (unpaired) electrons. The molecule has 1 aliphatic rings. The van der Waals surface area contributed by atoms with E-state index in [-0.39, 0.29) is 17.1 Å². The molecule has 5 nitrogen and oxygen atoms in total. The summed E-state index contributed by atoms with van der Waals surface area (Å²) in [5.74, 6) is 0.604. The zero-order valence-electron chi connectivity index (χ0n) is 11.7. The third kappa shape index (κ3) is 3.16. The van der Waals surface area contributed by atoms with Gasteiger partial charge in [-0.1, -0.05) is 0 Å². The third-order valence-electron chi connectivity index (χ3n) is 3.15. The molecule has 7 heteroatoms. The van der Waals surface area contributed by atoms with Gasteiger partial charge in [0.05, 0.1) is 28.7 Å². The number of sulfonamides is 1. The molecule has 0 saturated carbocycles. The van der Waals surface area contributed by atoms with Crippen molar-refractivity contribution in [3.63, 3.8) is 0 Å². The van der Waals surface area contributed by atoms with Crippen molar-refractivity contribution in [3.8, 4) is 5.75 Å². The molecule has 1 saturated heterocycles. The molecule has 0 bridgehead atoms. The highest BCUT2D eigenvalue weighted by atomic mass is 79.9. The highest BCUT2D eigenvalue weighted by Gasteiger charge is 2.32. The van der Waals surface area contributed by atoms with Gasteiger partial charge in [-0.05, 0) is 48.0 Å². The van der Waals surface area contributed by atoms with Crippen LogP contribution in [0.3, 0.4) is 0 Å². The fourth-order valence-electron chi connectivity index (χ4n) is 2.28. The minimum Gasteiger partial charge on any atom is -0.496 e. The number of hydrogen-bond donors (Lipinski definition) is 0. The summed E-state index contributed by atoms with van der Waals surface area (Å²) in [5, 5.41) is 0. The van der Waals surface area contributed by atoms with Crippen LogP contribution in [0.1, 0.15) is 13.8 Å². The first-order valence-corrected chi connectivity index (χ1v) is 8.57. The Balaban J connectivity index is 2.32. The second-order valence-electron chi connectivity index (χ2n) is 4.88. The zero-order chi connectivity index (χ0) is 14.9. The Morgan fingerprint density at radius 3 is 2.40 bits per heavy atom. The molecule has 0 spiro atoms. The van der Waals surface area contributed by atoms with Crippen molar-refractivity contribution in [2.45, 2.75) is 31.0 Å². The number of methoxy groups -OCH3 is 1. The smallest absolute Gasteiger partial charge is 0.243 e. The normalized spacial score (nSPS) is 24.6. The highest BCUT2D eigenvalue weighted by molar-refractivity contribution is 9.10. The maximum Gasteiger partial charge on any atom is 0.243 e. The lowest BCUT2D eigenvalue weighted by Gasteiger charge is -2.34. The standard InChI is InChI=1S/C13H18BrNO4S/c1-9-7-15(8-10(2)19-9)20(16,17)11-4-5-13(18-3)12(14)6-11/h4-6,9-10H,7-8H2,1-3H3/t9-,10+. The third-order valence-corrected chi connectivity index (χ3v) is 5.59. The van der Waals surface area contributed by atoms with Crippen molar-refractivity contribution in [1.82, 2.24) is 4.31 Å². The molecule has 1 fully saturated rings. The molecule has 0 aliphatic carbocycles. The van der Waals surface area contributed by atoms with Gasteiger partial charge in [0.1, 0.15) is 5.75 Å². The monoisotopic (exact) mass is 363 g/mol. The van der Waals surface area contributed by atoms with Crippen LogP contribution in [0.25, 0.3) is 0 Å². The molecule has 112 valence electrons. The molecule has 20 heavy (non-hydrogen) atoms. The molecule has 0 amide bonds. The summed E-state index contributed by atoms with van der Waals surface area (Å²) in [6.45, 7) is 4.50. The molecule has 1 heterocycles. The lowest BCUT2D eigenvalue weighted by atomic mass is 10.3. The van der Waals surface area contributed by atoms with Crippen molar-refractivity contribution in [2.75, 3.05) is 20.2 Å². The van der Waals surface area contributed by atoms with Crippen LogP contribution < -0.4 is 4.74 Å². The zero-order valence-corrected chi connectivity index (χ0v) is 14.1. The van der Waals surface area contributed by atoms with Gasteiger partial charge < -0.3 is 9.47 Å². The van der Waals surface area contributed by atoms with Gasteiger partial charge >= 0.3 is 0 Å². The predicted octanol–water partition coefficient (Wildman–Crippen LogP) is 2.26. The second-order valence-corrected chi connectivity index (χ2v) is 7.67. The van der Waals surface area contributed by atoms with Gasteiger partial charge in [0.15, 0.2) is 0 Å². The summed E-state index contributed by atoms with van der Waals surface area (Å²) in [6, 6.07) is 4.77. The number of halogens is 1. The Kier molecular flexibility index (Phi) is 4.73. The fourth-order valence-corrected chi connectivity index (χ4v) is 4.59. The lowest BCUT2D eigenvalue weighted by Crippen LogP contribution is -2.48. The molecule has 1 aromatic carbocycles. The van der Waals surface area contributed by atoms with Gasteiger partial charge in [-0.15, -0.1) is 0 Å². The molecule has 2 atom stereocenters. The molecular formula is C13H18BrNO4S. The van der Waals surface area contributed by atoms with Crippen LogP contribution in [0.2, 0.25) is 0 Å². The van der Waals surface area contributed by atoms with Gasteiger partial charge in [-0.2, -0.15) is 4.31 Å². The first-order valence-electron chi connectivity index (χ1n) is 6.33. The Morgan fingerprint density at radius 2 is 1.90 bits per heavy atom. The van der Waals surface area contributed by atoms with Crippen molar-refractivity contribution < 1.29 is 17.9 Å². The molecule has 0 aromatic heterocycles. The number of ether oxygens (including phenoxy) is 2. The Bertz CT molecular complexity index is 580. The number of morpholine rings is 1. The summed E-state index contributed by atoms with van der Waals surface area (Å²) in [6.07, 6.45) is -0.203. The van der Waals surface area contributed by atoms with E-state index in [9.17, 15) is 8.42 Å². The number of benzene rings is 1. The number of hydrogen-bond acceptors (Lipinski definition) is 4. The first-order chi connectivity index (χ1) is 9.34. The van der Waals surface area contributed by atoms with E-state index in [0.717, 1.165) is 0 Å². The second kappa shape index (κ2) is 6.01. The molecule has 2 rings (SSSR count). The van der Waals surface area contributed by atoms with E-state index in [4.69, 9.17) is 9.47 Å². The summed E-state index contributed by atoms with van der Waals surface area (Å²) < 4.78 is 38.1. The Labute approximate surface area is 128 Å². The van der Waals surface area contributed by atoms with Gasteiger partial charge in [0, 0.05) is 13.1 Å². The molecule has 0 N–H and O–H groups in total. The van der Waals surface area contributed by atoms with E-state index in [1.54, 1.807) is 25.3 Å². The van der Waals surface area contributed by atoms with Crippen LogP contribution >= 0.6 is 15.9 Å². The van der Waals surface area contributed by atoms with E-state index in [1.165, 1.54) is 4.31 Å². The molecule has 0 unspecified atom stereocenters.